The van der Waals surface area contributed by atoms with Crippen molar-refractivity contribution in [2.75, 3.05) is 11.5 Å². The van der Waals surface area contributed by atoms with Crippen LogP contribution < -0.4 is 0 Å². The number of rotatable bonds is 9. The molecule has 2 heterocycles. The predicted octanol–water partition coefficient (Wildman–Crippen LogP) is 4.08. The molecule has 126 valence electrons. The molecule has 22 heavy (non-hydrogen) atoms. The molecular formula is C18H30O3S. The van der Waals surface area contributed by atoms with Gasteiger partial charge in [-0.25, -0.2) is 0 Å². The maximum absolute atomic E-state index is 10.2. The summed E-state index contributed by atoms with van der Waals surface area (Å²) < 4.78 is 6.04. The largest absolute Gasteiger partial charge is 0.513 e. The summed E-state index contributed by atoms with van der Waals surface area (Å²) in [5.41, 5.74) is 0. The van der Waals surface area contributed by atoms with Crippen molar-refractivity contribution >= 4 is 11.8 Å². The highest BCUT2D eigenvalue weighted by Gasteiger charge is 2.47. The summed E-state index contributed by atoms with van der Waals surface area (Å²) in [7, 11) is 0. The lowest BCUT2D eigenvalue weighted by Crippen LogP contribution is -2.26. The van der Waals surface area contributed by atoms with Crippen LogP contribution in [0, 0.1) is 11.8 Å². The Hall–Kier alpha value is -0.450. The van der Waals surface area contributed by atoms with Crippen molar-refractivity contribution in [1.82, 2.24) is 0 Å². The van der Waals surface area contributed by atoms with E-state index in [4.69, 9.17) is 4.74 Å². The first-order chi connectivity index (χ1) is 10.7. The zero-order valence-corrected chi connectivity index (χ0v) is 14.6. The highest BCUT2D eigenvalue weighted by atomic mass is 32.2. The van der Waals surface area contributed by atoms with E-state index >= 15 is 0 Å². The Balaban J connectivity index is 1.94. The summed E-state index contributed by atoms with van der Waals surface area (Å²) in [4.78, 5) is 0. The molecule has 2 bridgehead atoms. The van der Waals surface area contributed by atoms with E-state index in [-0.39, 0.29) is 18.3 Å². The second-order valence-corrected chi connectivity index (χ2v) is 7.65. The average Bonchev–Trinajstić information content (AvgIpc) is 3.07. The van der Waals surface area contributed by atoms with Crippen LogP contribution in [-0.4, -0.2) is 40.0 Å². The van der Waals surface area contributed by atoms with Gasteiger partial charge >= 0.3 is 0 Å². The lowest BCUT2D eigenvalue weighted by Gasteiger charge is -2.25. The number of hydrogen-bond acceptors (Lipinski definition) is 4. The molecule has 0 aromatic rings. The van der Waals surface area contributed by atoms with Gasteiger partial charge in [-0.15, -0.1) is 0 Å². The van der Waals surface area contributed by atoms with Gasteiger partial charge < -0.3 is 14.9 Å². The topological polar surface area (TPSA) is 49.7 Å². The van der Waals surface area contributed by atoms with E-state index in [1.807, 2.05) is 23.9 Å². The van der Waals surface area contributed by atoms with E-state index in [1.165, 1.54) is 0 Å². The summed E-state index contributed by atoms with van der Waals surface area (Å²) in [6.45, 7) is 4.21. The fourth-order valence-electron chi connectivity index (χ4n) is 3.59. The van der Waals surface area contributed by atoms with Gasteiger partial charge in [-0.05, 0) is 31.1 Å². The molecule has 2 N–H and O–H groups in total. The summed E-state index contributed by atoms with van der Waals surface area (Å²) in [5, 5.41) is 20.1. The van der Waals surface area contributed by atoms with Gasteiger partial charge in [-0.1, -0.05) is 32.4 Å². The smallest absolute Gasteiger partial charge is 0.0895 e. The third kappa shape index (κ3) is 4.77. The molecule has 2 fully saturated rings. The number of allylic oxidation sites excluding steroid dienone is 1. The minimum absolute atomic E-state index is 0.275. The molecule has 4 heteroatoms. The fourth-order valence-corrected chi connectivity index (χ4v) is 4.14. The summed E-state index contributed by atoms with van der Waals surface area (Å²) >= 11 is 1.82. The van der Waals surface area contributed by atoms with E-state index in [1.54, 1.807) is 0 Å². The van der Waals surface area contributed by atoms with Gasteiger partial charge in [0.15, 0.2) is 0 Å². The van der Waals surface area contributed by atoms with Gasteiger partial charge in [0.1, 0.15) is 0 Å². The van der Waals surface area contributed by atoms with Crippen molar-refractivity contribution in [2.24, 2.45) is 11.8 Å². The fraction of sp³-hybridized carbons (Fsp3) is 0.778. The van der Waals surface area contributed by atoms with Crippen LogP contribution in [0.25, 0.3) is 0 Å². The first kappa shape index (κ1) is 17.9. The Kier molecular flexibility index (Phi) is 7.32. The molecule has 0 amide bonds. The molecule has 2 saturated heterocycles. The van der Waals surface area contributed by atoms with Gasteiger partial charge in [0.05, 0.1) is 24.1 Å². The molecule has 0 aliphatic carbocycles. The zero-order chi connectivity index (χ0) is 15.9. The third-order valence-corrected chi connectivity index (χ3v) is 5.52. The maximum Gasteiger partial charge on any atom is 0.0895 e. The molecule has 3 nitrogen and oxygen atoms in total. The monoisotopic (exact) mass is 326 g/mol. The molecule has 5 atom stereocenters. The van der Waals surface area contributed by atoms with Gasteiger partial charge in [-0.3, -0.25) is 0 Å². The normalized spacial score (nSPS) is 33.0. The van der Waals surface area contributed by atoms with Gasteiger partial charge in [0.2, 0.25) is 0 Å². The van der Waals surface area contributed by atoms with E-state index in [2.05, 4.69) is 19.9 Å². The molecule has 2 aliphatic rings. The summed E-state index contributed by atoms with van der Waals surface area (Å²) in [5.74, 6) is 3.13. The second kappa shape index (κ2) is 8.99. The number of fused-ring (bicyclic) bond motifs is 2. The lowest BCUT2D eigenvalue weighted by molar-refractivity contribution is 0.0884. The Labute approximate surface area is 138 Å². The number of aliphatic hydroxyl groups excluding tert-OH is 2. The van der Waals surface area contributed by atoms with Crippen molar-refractivity contribution in [3.8, 4) is 0 Å². The van der Waals surface area contributed by atoms with Crippen LogP contribution in [0.3, 0.4) is 0 Å². The van der Waals surface area contributed by atoms with Crippen molar-refractivity contribution in [3.63, 3.8) is 0 Å². The van der Waals surface area contributed by atoms with E-state index in [0.29, 0.717) is 24.0 Å². The number of ether oxygens (including phenoxy) is 1. The molecular weight excluding hydrogens is 296 g/mol. The van der Waals surface area contributed by atoms with E-state index in [9.17, 15) is 10.2 Å². The number of thioether (sulfide) groups is 1. The van der Waals surface area contributed by atoms with Crippen LogP contribution in [0.5, 0.6) is 0 Å². The summed E-state index contributed by atoms with van der Waals surface area (Å²) in [6.07, 6.45) is 10.9. The van der Waals surface area contributed by atoms with Crippen molar-refractivity contribution < 1.29 is 14.9 Å². The van der Waals surface area contributed by atoms with Crippen molar-refractivity contribution in [1.29, 1.82) is 0 Å². The first-order valence-electron chi connectivity index (χ1n) is 8.63. The van der Waals surface area contributed by atoms with Gasteiger partial charge in [0.25, 0.3) is 0 Å². The van der Waals surface area contributed by atoms with E-state index in [0.717, 1.165) is 37.2 Å². The van der Waals surface area contributed by atoms with Crippen LogP contribution in [0.4, 0.5) is 0 Å². The highest BCUT2D eigenvalue weighted by molar-refractivity contribution is 7.99. The SMILES string of the molecule is CCCC(O)/C=C/[C@H]1[C@@H](C/C(O)=C\CSCC)[C@H]2CC[C@@H]1O2. The molecule has 2 aliphatic heterocycles. The Morgan fingerprint density at radius 1 is 1.32 bits per heavy atom. The van der Waals surface area contributed by atoms with Crippen LogP contribution in [0.1, 0.15) is 46.0 Å². The van der Waals surface area contributed by atoms with Crippen molar-refractivity contribution in [2.45, 2.75) is 64.3 Å². The minimum atomic E-state index is -0.352. The maximum atomic E-state index is 10.2. The average molecular weight is 327 g/mol. The van der Waals surface area contributed by atoms with E-state index < -0.39 is 0 Å². The first-order valence-corrected chi connectivity index (χ1v) is 9.78. The van der Waals surface area contributed by atoms with Crippen LogP contribution in [0.15, 0.2) is 24.0 Å². The minimum Gasteiger partial charge on any atom is -0.513 e. The van der Waals surface area contributed by atoms with Crippen LogP contribution in [0.2, 0.25) is 0 Å². The Morgan fingerprint density at radius 3 is 2.82 bits per heavy atom. The lowest BCUT2D eigenvalue weighted by atomic mass is 9.77. The number of aliphatic hydroxyl groups is 2. The van der Waals surface area contributed by atoms with Crippen LogP contribution >= 0.6 is 11.8 Å². The zero-order valence-electron chi connectivity index (χ0n) is 13.8. The third-order valence-electron chi connectivity index (χ3n) is 4.71. The van der Waals surface area contributed by atoms with Gasteiger partial charge in [-0.2, -0.15) is 11.8 Å². The highest BCUT2D eigenvalue weighted by Crippen LogP contribution is 2.46. The van der Waals surface area contributed by atoms with Crippen LogP contribution in [-0.2, 0) is 4.74 Å². The quantitative estimate of drug-likeness (QED) is 0.381. The molecule has 0 spiro atoms. The standard InChI is InChI=1S/C18H30O3S/c1-3-5-13(19)6-7-15-16(18-9-8-17(15)21-18)12-14(20)10-11-22-4-2/h6-7,10,13,15-20H,3-5,8-9,11-12H2,1-2H3/b7-6+,14-10+/t13?,15-,16+,17-,18+/m0/s1. The molecule has 0 aromatic heterocycles. The molecule has 0 radical (unpaired) electrons. The molecule has 1 unspecified atom stereocenters. The van der Waals surface area contributed by atoms with Gasteiger partial charge in [0, 0.05) is 24.0 Å². The molecule has 2 rings (SSSR count). The van der Waals surface area contributed by atoms with Crippen molar-refractivity contribution in [3.05, 3.63) is 24.0 Å². The molecule has 0 aromatic carbocycles. The Bertz CT molecular complexity index is 394. The molecule has 0 saturated carbocycles. The predicted molar refractivity (Wildman–Crippen MR) is 93.3 cm³/mol. The second-order valence-electron chi connectivity index (χ2n) is 6.33. The number of hydrogen-bond donors (Lipinski definition) is 2. The summed E-state index contributed by atoms with van der Waals surface area (Å²) in [6, 6.07) is 0. The Morgan fingerprint density at radius 2 is 2.09 bits per heavy atom.